The number of hydrogen-bond acceptors (Lipinski definition) is 2. The van der Waals surface area contributed by atoms with Crippen molar-refractivity contribution in [3.05, 3.63) is 71.0 Å². The maximum absolute atomic E-state index is 13.9. The highest BCUT2D eigenvalue weighted by atomic mass is 19.2. The third-order valence-electron chi connectivity index (χ3n) is 4.35. The third kappa shape index (κ3) is 3.56. The molecule has 1 fully saturated rings. The van der Waals surface area contributed by atoms with E-state index in [4.69, 9.17) is 0 Å². The van der Waals surface area contributed by atoms with E-state index in [-0.39, 0.29) is 5.91 Å². The van der Waals surface area contributed by atoms with Crippen molar-refractivity contribution >= 4 is 11.8 Å². The Balaban J connectivity index is 1.89. The van der Waals surface area contributed by atoms with E-state index in [1.54, 1.807) is 35.2 Å². The van der Waals surface area contributed by atoms with Crippen molar-refractivity contribution in [2.24, 2.45) is 0 Å². The van der Waals surface area contributed by atoms with Crippen LogP contribution in [-0.2, 0) is 4.79 Å². The van der Waals surface area contributed by atoms with Crippen molar-refractivity contribution in [2.45, 2.75) is 18.9 Å². The normalized spacial score (nSPS) is 15.0. The van der Waals surface area contributed by atoms with Crippen LogP contribution in [0.2, 0.25) is 0 Å². The van der Waals surface area contributed by atoms with Gasteiger partial charge in [0.05, 0.1) is 5.56 Å². The molecule has 0 unspecified atom stereocenters. The fraction of sp³-hybridized carbons (Fsp3) is 0.263. The van der Waals surface area contributed by atoms with E-state index in [0.717, 1.165) is 18.9 Å². The number of carbonyl (C=O) groups excluding carboxylic acids is 2. The molecule has 7 heteroatoms. The first kappa shape index (κ1) is 18.0. The summed E-state index contributed by atoms with van der Waals surface area (Å²) < 4.78 is 40.4. The van der Waals surface area contributed by atoms with E-state index in [2.05, 4.69) is 5.32 Å². The monoisotopic (exact) mass is 362 g/mol. The maximum atomic E-state index is 13.9. The Morgan fingerprint density at radius 3 is 2.23 bits per heavy atom. The summed E-state index contributed by atoms with van der Waals surface area (Å²) in [6.45, 7) is 1.16. The average molecular weight is 362 g/mol. The SMILES string of the molecule is O=C(N[C@H](C(=O)N1CCCC1)c1ccccc1)c1ccc(F)c(F)c1F. The van der Waals surface area contributed by atoms with Gasteiger partial charge in [0.15, 0.2) is 17.5 Å². The lowest BCUT2D eigenvalue weighted by molar-refractivity contribution is -0.132. The lowest BCUT2D eigenvalue weighted by Crippen LogP contribution is -2.42. The molecule has 3 rings (SSSR count). The largest absolute Gasteiger partial charge is 0.341 e. The minimum absolute atomic E-state index is 0.315. The number of amides is 2. The molecule has 0 spiro atoms. The Labute approximate surface area is 148 Å². The molecule has 2 aromatic rings. The molecule has 1 heterocycles. The summed E-state index contributed by atoms with van der Waals surface area (Å²) in [5, 5.41) is 2.45. The van der Waals surface area contributed by atoms with Crippen LogP contribution in [0.15, 0.2) is 42.5 Å². The first-order valence-corrected chi connectivity index (χ1v) is 8.27. The number of likely N-dealkylation sites (tertiary alicyclic amines) is 1. The molecular weight excluding hydrogens is 345 g/mol. The van der Waals surface area contributed by atoms with Gasteiger partial charge in [-0.3, -0.25) is 9.59 Å². The Hall–Kier alpha value is -2.83. The second-order valence-electron chi connectivity index (χ2n) is 6.07. The molecule has 1 saturated heterocycles. The number of carbonyl (C=O) groups is 2. The van der Waals surface area contributed by atoms with Gasteiger partial charge in [0.1, 0.15) is 6.04 Å². The number of nitrogens with one attached hydrogen (secondary N) is 1. The molecule has 136 valence electrons. The molecule has 1 aliphatic rings. The van der Waals surface area contributed by atoms with Crippen LogP contribution in [0, 0.1) is 17.5 Å². The zero-order valence-corrected chi connectivity index (χ0v) is 13.8. The standard InChI is InChI=1S/C19H17F3N2O2/c20-14-9-8-13(15(21)16(14)22)18(25)23-17(12-6-2-1-3-7-12)19(26)24-10-4-5-11-24/h1-3,6-9,17H,4-5,10-11H2,(H,23,25)/t17-/m0/s1. The van der Waals surface area contributed by atoms with Crippen LogP contribution in [-0.4, -0.2) is 29.8 Å². The summed E-state index contributed by atoms with van der Waals surface area (Å²) in [5.41, 5.74) is -0.125. The molecule has 2 amide bonds. The molecule has 0 aliphatic carbocycles. The zero-order valence-electron chi connectivity index (χ0n) is 13.8. The number of halogens is 3. The fourth-order valence-corrected chi connectivity index (χ4v) is 2.96. The second-order valence-corrected chi connectivity index (χ2v) is 6.07. The van der Waals surface area contributed by atoms with Crippen LogP contribution in [0.25, 0.3) is 0 Å². The summed E-state index contributed by atoms with van der Waals surface area (Å²) in [5.74, 6) is -5.98. The van der Waals surface area contributed by atoms with Gasteiger partial charge in [0.25, 0.3) is 5.91 Å². The molecule has 1 atom stereocenters. The van der Waals surface area contributed by atoms with Gasteiger partial charge in [-0.15, -0.1) is 0 Å². The quantitative estimate of drug-likeness (QED) is 0.850. The van der Waals surface area contributed by atoms with Crippen molar-refractivity contribution in [1.82, 2.24) is 10.2 Å². The van der Waals surface area contributed by atoms with Crippen LogP contribution in [0.4, 0.5) is 13.2 Å². The van der Waals surface area contributed by atoms with Crippen molar-refractivity contribution in [3.8, 4) is 0 Å². The number of nitrogens with zero attached hydrogens (tertiary/aromatic N) is 1. The minimum atomic E-state index is -1.72. The van der Waals surface area contributed by atoms with E-state index >= 15 is 0 Å². The molecular formula is C19H17F3N2O2. The van der Waals surface area contributed by atoms with Crippen LogP contribution >= 0.6 is 0 Å². The van der Waals surface area contributed by atoms with E-state index < -0.39 is 35.0 Å². The van der Waals surface area contributed by atoms with Crippen molar-refractivity contribution in [3.63, 3.8) is 0 Å². The van der Waals surface area contributed by atoms with Gasteiger partial charge in [-0.25, -0.2) is 13.2 Å². The Bertz CT molecular complexity index is 821. The lowest BCUT2D eigenvalue weighted by atomic mass is 10.0. The van der Waals surface area contributed by atoms with Crippen LogP contribution in [0.5, 0.6) is 0 Å². The van der Waals surface area contributed by atoms with E-state index in [9.17, 15) is 22.8 Å². The molecule has 26 heavy (non-hydrogen) atoms. The summed E-state index contributed by atoms with van der Waals surface area (Å²) >= 11 is 0. The molecule has 1 aliphatic heterocycles. The van der Waals surface area contributed by atoms with E-state index in [1.165, 1.54) is 0 Å². The van der Waals surface area contributed by atoms with E-state index in [1.807, 2.05) is 0 Å². The minimum Gasteiger partial charge on any atom is -0.341 e. The number of hydrogen-bond donors (Lipinski definition) is 1. The predicted octanol–water partition coefficient (Wildman–Crippen LogP) is 3.20. The zero-order chi connectivity index (χ0) is 18.7. The Morgan fingerprint density at radius 1 is 0.923 bits per heavy atom. The smallest absolute Gasteiger partial charge is 0.255 e. The van der Waals surface area contributed by atoms with Gasteiger partial charge in [0.2, 0.25) is 5.91 Å². The second kappa shape index (κ2) is 7.59. The molecule has 2 aromatic carbocycles. The average Bonchev–Trinajstić information content (AvgIpc) is 3.19. The van der Waals surface area contributed by atoms with Gasteiger partial charge in [-0.05, 0) is 30.5 Å². The molecule has 0 aromatic heterocycles. The van der Waals surface area contributed by atoms with Gasteiger partial charge in [-0.2, -0.15) is 0 Å². The van der Waals surface area contributed by atoms with Crippen LogP contribution < -0.4 is 5.32 Å². The van der Waals surface area contributed by atoms with Crippen molar-refractivity contribution in [1.29, 1.82) is 0 Å². The number of rotatable bonds is 4. The lowest BCUT2D eigenvalue weighted by Gasteiger charge is -2.24. The first-order valence-electron chi connectivity index (χ1n) is 8.27. The molecule has 0 saturated carbocycles. The third-order valence-corrected chi connectivity index (χ3v) is 4.35. The Morgan fingerprint density at radius 2 is 1.58 bits per heavy atom. The summed E-state index contributed by atoms with van der Waals surface area (Å²) in [7, 11) is 0. The Kier molecular flexibility index (Phi) is 5.25. The topological polar surface area (TPSA) is 49.4 Å². The molecule has 0 radical (unpaired) electrons. The maximum Gasteiger partial charge on any atom is 0.255 e. The molecule has 0 bridgehead atoms. The molecule has 1 N–H and O–H groups in total. The summed E-state index contributed by atoms with van der Waals surface area (Å²) in [6, 6.07) is 9.01. The van der Waals surface area contributed by atoms with Gasteiger partial charge in [0, 0.05) is 13.1 Å². The summed E-state index contributed by atoms with van der Waals surface area (Å²) in [4.78, 5) is 26.8. The number of benzene rings is 2. The highest BCUT2D eigenvalue weighted by molar-refractivity contribution is 5.98. The first-order chi connectivity index (χ1) is 12.5. The van der Waals surface area contributed by atoms with E-state index in [0.29, 0.717) is 24.7 Å². The predicted molar refractivity (Wildman–Crippen MR) is 88.8 cm³/mol. The van der Waals surface area contributed by atoms with Crippen LogP contribution in [0.3, 0.4) is 0 Å². The van der Waals surface area contributed by atoms with Crippen molar-refractivity contribution < 1.29 is 22.8 Å². The van der Waals surface area contributed by atoms with Crippen molar-refractivity contribution in [2.75, 3.05) is 13.1 Å². The molecule has 4 nitrogen and oxygen atoms in total. The van der Waals surface area contributed by atoms with Crippen LogP contribution in [0.1, 0.15) is 34.8 Å². The highest BCUT2D eigenvalue weighted by Gasteiger charge is 2.30. The summed E-state index contributed by atoms with van der Waals surface area (Å²) in [6.07, 6.45) is 1.75. The fourth-order valence-electron chi connectivity index (χ4n) is 2.96. The van der Waals surface area contributed by atoms with Gasteiger partial charge in [-0.1, -0.05) is 30.3 Å². The van der Waals surface area contributed by atoms with Gasteiger partial charge < -0.3 is 10.2 Å². The van der Waals surface area contributed by atoms with Gasteiger partial charge >= 0.3 is 0 Å². The highest BCUT2D eigenvalue weighted by Crippen LogP contribution is 2.21.